The number of sulfone groups is 1. The van der Waals surface area contributed by atoms with E-state index in [1.807, 2.05) is 30.3 Å². The lowest BCUT2D eigenvalue weighted by atomic mass is 9.87. The summed E-state index contributed by atoms with van der Waals surface area (Å²) < 4.78 is 23.7. The van der Waals surface area contributed by atoms with Crippen molar-refractivity contribution in [2.45, 2.75) is 43.8 Å². The molecule has 180 valence electrons. The van der Waals surface area contributed by atoms with Crippen LogP contribution < -0.4 is 16.0 Å². The predicted molar refractivity (Wildman–Crippen MR) is 145 cm³/mol. The molecule has 0 spiro atoms. The summed E-state index contributed by atoms with van der Waals surface area (Å²) in [6, 6.07) is 23.1. The van der Waals surface area contributed by atoms with Crippen molar-refractivity contribution in [3.63, 3.8) is 0 Å². The molecule has 3 aromatic rings. The summed E-state index contributed by atoms with van der Waals surface area (Å²) in [5.74, 6) is 0. The van der Waals surface area contributed by atoms with Crippen molar-refractivity contribution in [3.8, 4) is 0 Å². The number of thiocarbonyl (C=S) groups is 1. The lowest BCUT2D eigenvalue weighted by Crippen LogP contribution is -2.40. The van der Waals surface area contributed by atoms with Gasteiger partial charge in [-0.1, -0.05) is 87.0 Å². The van der Waals surface area contributed by atoms with Crippen LogP contribution in [0, 0.1) is 0 Å². The number of rotatable bonds is 7. The summed E-state index contributed by atoms with van der Waals surface area (Å²) in [5, 5.41) is 10.6. The number of halogens is 1. The third kappa shape index (κ3) is 7.19. The highest BCUT2D eigenvalue weighted by Crippen LogP contribution is 2.27. The minimum atomic E-state index is -3.40. The fraction of sp³-hybridized carbons (Fsp3) is 0.269. The van der Waals surface area contributed by atoms with Crippen LogP contribution in [0.15, 0.2) is 77.7 Å². The largest absolute Gasteiger partial charge is 0.362 e. The summed E-state index contributed by atoms with van der Waals surface area (Å²) >= 11 is 11.8. The van der Waals surface area contributed by atoms with Crippen molar-refractivity contribution in [2.75, 3.05) is 11.6 Å². The Bertz CT molecular complexity index is 1240. The zero-order valence-electron chi connectivity index (χ0n) is 19.7. The molecule has 0 aliphatic rings. The van der Waals surface area contributed by atoms with E-state index in [1.54, 1.807) is 12.1 Å². The molecule has 1 unspecified atom stereocenters. The zero-order chi connectivity index (χ0) is 24.9. The van der Waals surface area contributed by atoms with Gasteiger partial charge in [-0.25, -0.2) is 8.42 Å². The van der Waals surface area contributed by atoms with E-state index in [2.05, 4.69) is 61.0 Å². The fourth-order valence-electron chi connectivity index (χ4n) is 3.39. The first kappa shape index (κ1) is 26.0. The Morgan fingerprint density at radius 2 is 1.65 bits per heavy atom. The van der Waals surface area contributed by atoms with Crippen molar-refractivity contribution in [1.82, 2.24) is 10.6 Å². The second-order valence-corrected chi connectivity index (χ2v) is 12.0. The van der Waals surface area contributed by atoms with Gasteiger partial charge in [0.05, 0.1) is 9.92 Å². The Hall–Kier alpha value is -2.61. The molecule has 5 nitrogen and oxygen atoms in total. The molecule has 0 aliphatic carbocycles. The summed E-state index contributed by atoms with van der Waals surface area (Å²) in [4.78, 5) is 0.0959. The van der Waals surface area contributed by atoms with Crippen molar-refractivity contribution in [1.29, 1.82) is 0 Å². The van der Waals surface area contributed by atoms with Gasteiger partial charge in [0.1, 0.15) is 6.17 Å². The van der Waals surface area contributed by atoms with Crippen LogP contribution in [0.2, 0.25) is 5.02 Å². The second kappa shape index (κ2) is 10.8. The van der Waals surface area contributed by atoms with Crippen LogP contribution in [0.5, 0.6) is 0 Å². The maximum absolute atomic E-state index is 11.9. The van der Waals surface area contributed by atoms with Gasteiger partial charge in [-0.05, 0) is 52.5 Å². The number of nitrogens with one attached hydrogen (secondary N) is 3. The molecule has 0 saturated heterocycles. The highest BCUT2D eigenvalue weighted by atomic mass is 35.5. The van der Waals surface area contributed by atoms with Gasteiger partial charge in [-0.3, -0.25) is 0 Å². The first-order valence-corrected chi connectivity index (χ1v) is 13.6. The van der Waals surface area contributed by atoms with E-state index in [-0.39, 0.29) is 21.5 Å². The first-order valence-electron chi connectivity index (χ1n) is 10.9. The molecule has 3 aromatic carbocycles. The van der Waals surface area contributed by atoms with Gasteiger partial charge in [0.25, 0.3) is 0 Å². The number of anilines is 1. The highest BCUT2D eigenvalue weighted by molar-refractivity contribution is 7.90. The molecular formula is C26H30ClN3O2S2. The maximum atomic E-state index is 11.9. The highest BCUT2D eigenvalue weighted by Gasteiger charge is 2.16. The lowest BCUT2D eigenvalue weighted by Gasteiger charge is -2.24. The van der Waals surface area contributed by atoms with Crippen LogP contribution in [-0.2, 0) is 21.8 Å². The van der Waals surface area contributed by atoms with Gasteiger partial charge >= 0.3 is 0 Å². The van der Waals surface area contributed by atoms with Crippen LogP contribution in [-0.4, -0.2) is 19.8 Å². The molecule has 3 rings (SSSR count). The van der Waals surface area contributed by atoms with Crippen molar-refractivity contribution in [2.24, 2.45) is 0 Å². The molecule has 1 atom stereocenters. The Kier molecular flexibility index (Phi) is 8.23. The van der Waals surface area contributed by atoms with Gasteiger partial charge < -0.3 is 16.0 Å². The van der Waals surface area contributed by atoms with Gasteiger partial charge in [0, 0.05) is 18.5 Å². The molecule has 0 aromatic heterocycles. The van der Waals surface area contributed by atoms with E-state index >= 15 is 0 Å². The SMILES string of the molecule is CC(C)(C)c1ccc(CNC(=S)NC(Nc2ccc(S(C)(=O)=O)c(Cl)c2)c2ccccc2)cc1. The van der Waals surface area contributed by atoms with Gasteiger partial charge in [0.15, 0.2) is 14.9 Å². The first-order chi connectivity index (χ1) is 15.9. The standard InChI is InChI=1S/C26H30ClN3O2S2/c1-26(2,3)20-12-10-18(11-13-20)17-28-25(33)30-24(19-8-6-5-7-9-19)29-21-14-15-23(22(27)16-21)34(4,31)32/h5-16,24,29H,17H2,1-4H3,(H2,28,30,33). The lowest BCUT2D eigenvalue weighted by molar-refractivity contribution is 0.590. The molecular weight excluding hydrogens is 486 g/mol. The van der Waals surface area contributed by atoms with E-state index in [1.165, 1.54) is 11.6 Å². The average molecular weight is 516 g/mol. The van der Waals surface area contributed by atoms with Gasteiger partial charge in [-0.2, -0.15) is 0 Å². The average Bonchev–Trinajstić information content (AvgIpc) is 2.77. The summed E-state index contributed by atoms with van der Waals surface area (Å²) in [6.07, 6.45) is 0.778. The van der Waals surface area contributed by atoms with Crippen LogP contribution in [0.4, 0.5) is 5.69 Å². The molecule has 0 bridgehead atoms. The third-order valence-electron chi connectivity index (χ3n) is 5.32. The van der Waals surface area contributed by atoms with E-state index in [9.17, 15) is 8.42 Å². The van der Waals surface area contributed by atoms with E-state index in [4.69, 9.17) is 23.8 Å². The topological polar surface area (TPSA) is 70.2 Å². The molecule has 0 heterocycles. The van der Waals surface area contributed by atoms with Crippen molar-refractivity contribution in [3.05, 3.63) is 94.5 Å². The van der Waals surface area contributed by atoms with Crippen molar-refractivity contribution >= 4 is 44.5 Å². The van der Waals surface area contributed by atoms with E-state index < -0.39 is 9.84 Å². The summed E-state index contributed by atoms with van der Waals surface area (Å²) in [5.41, 5.74) is 4.15. The van der Waals surface area contributed by atoms with Gasteiger partial charge in [-0.15, -0.1) is 0 Å². The van der Waals surface area contributed by atoms with Gasteiger partial charge in [0.2, 0.25) is 0 Å². The van der Waals surface area contributed by atoms with Crippen LogP contribution in [0.1, 0.15) is 43.6 Å². The smallest absolute Gasteiger partial charge is 0.176 e. The normalized spacial score (nSPS) is 12.6. The minimum Gasteiger partial charge on any atom is -0.362 e. The fourth-order valence-corrected chi connectivity index (χ4v) is 4.91. The third-order valence-corrected chi connectivity index (χ3v) is 7.17. The Balaban J connectivity index is 1.71. The van der Waals surface area contributed by atoms with Crippen LogP contribution in [0.25, 0.3) is 0 Å². The second-order valence-electron chi connectivity index (χ2n) is 9.18. The molecule has 3 N–H and O–H groups in total. The summed E-state index contributed by atoms with van der Waals surface area (Å²) in [7, 11) is -3.40. The number of hydrogen-bond acceptors (Lipinski definition) is 4. The maximum Gasteiger partial charge on any atom is 0.176 e. The Morgan fingerprint density at radius 3 is 2.21 bits per heavy atom. The molecule has 0 radical (unpaired) electrons. The monoisotopic (exact) mass is 515 g/mol. The zero-order valence-corrected chi connectivity index (χ0v) is 22.1. The van der Waals surface area contributed by atoms with E-state index in [0.717, 1.165) is 17.4 Å². The molecule has 8 heteroatoms. The number of hydrogen-bond donors (Lipinski definition) is 3. The Morgan fingerprint density at radius 1 is 1.00 bits per heavy atom. The minimum absolute atomic E-state index is 0.0959. The van der Waals surface area contributed by atoms with Crippen LogP contribution >= 0.6 is 23.8 Å². The quantitative estimate of drug-likeness (QED) is 0.272. The van der Waals surface area contributed by atoms with E-state index in [0.29, 0.717) is 17.3 Å². The molecule has 0 fully saturated rings. The predicted octanol–water partition coefficient (Wildman–Crippen LogP) is 5.82. The Labute approximate surface area is 212 Å². The summed E-state index contributed by atoms with van der Waals surface area (Å²) in [6.45, 7) is 7.17. The number of benzene rings is 3. The molecule has 0 amide bonds. The van der Waals surface area contributed by atoms with Crippen LogP contribution in [0.3, 0.4) is 0 Å². The van der Waals surface area contributed by atoms with Crippen molar-refractivity contribution < 1.29 is 8.42 Å². The molecule has 0 saturated carbocycles. The molecule has 34 heavy (non-hydrogen) atoms. The molecule has 0 aliphatic heterocycles.